The lowest BCUT2D eigenvalue weighted by Gasteiger charge is -2.18. The summed E-state index contributed by atoms with van der Waals surface area (Å²) in [6.07, 6.45) is 5.23. The highest BCUT2D eigenvalue weighted by molar-refractivity contribution is 6.05. The maximum Gasteiger partial charge on any atom is 0.228 e. The van der Waals surface area contributed by atoms with E-state index in [1.165, 1.54) is 0 Å². The molecule has 9 nitrogen and oxygen atoms in total. The highest BCUT2D eigenvalue weighted by Gasteiger charge is 2.20. The number of hydrogen-bond acceptors (Lipinski definition) is 8. The van der Waals surface area contributed by atoms with Gasteiger partial charge in [-0.1, -0.05) is 23.4 Å². The van der Waals surface area contributed by atoms with Crippen LogP contribution in [0.2, 0.25) is 0 Å². The molecule has 2 aromatic carbocycles. The SMILES string of the molecule is COc1ccc(CNc2c(NC(=O)Cc3cccnc3)cnc3cc(-c4c(C)noc4C)c(OC)cc23)cc1. The molecule has 0 aliphatic carbocycles. The number of benzene rings is 2. The second-order valence-corrected chi connectivity index (χ2v) is 9.10. The van der Waals surface area contributed by atoms with E-state index < -0.39 is 0 Å². The summed E-state index contributed by atoms with van der Waals surface area (Å²) < 4.78 is 16.5. The smallest absolute Gasteiger partial charge is 0.228 e. The number of ether oxygens (including phenoxy) is 2. The Labute approximate surface area is 226 Å². The first-order valence-corrected chi connectivity index (χ1v) is 12.5. The van der Waals surface area contributed by atoms with Gasteiger partial charge in [-0.15, -0.1) is 0 Å². The molecular weight excluding hydrogens is 494 g/mol. The number of aromatic nitrogens is 3. The molecule has 9 heteroatoms. The van der Waals surface area contributed by atoms with Crippen molar-refractivity contribution >= 4 is 28.2 Å². The summed E-state index contributed by atoms with van der Waals surface area (Å²) in [6.45, 7) is 4.28. The molecule has 3 aromatic heterocycles. The standard InChI is InChI=1S/C30H29N5O4/c1-18-29(19(2)39-35-18)24-13-25-23(14-27(24)38-4)30(33-16-20-7-9-22(37-3)10-8-20)26(17-32-25)34-28(36)12-21-6-5-11-31-15-21/h5-11,13-15,17H,12,16H2,1-4H3,(H,32,33)(H,34,36). The molecule has 0 aliphatic heterocycles. The van der Waals surface area contributed by atoms with Crippen molar-refractivity contribution in [1.29, 1.82) is 0 Å². The van der Waals surface area contributed by atoms with Crippen LogP contribution in [0.1, 0.15) is 22.6 Å². The van der Waals surface area contributed by atoms with Crippen molar-refractivity contribution in [2.75, 3.05) is 24.9 Å². The fourth-order valence-corrected chi connectivity index (χ4v) is 4.55. The van der Waals surface area contributed by atoms with Crippen LogP contribution in [-0.4, -0.2) is 35.3 Å². The van der Waals surface area contributed by atoms with Crippen molar-refractivity contribution in [3.63, 3.8) is 0 Å². The third-order valence-corrected chi connectivity index (χ3v) is 6.48. The van der Waals surface area contributed by atoms with E-state index in [0.717, 1.165) is 50.3 Å². The Morgan fingerprint density at radius 1 is 1.00 bits per heavy atom. The molecule has 0 spiro atoms. The third-order valence-electron chi connectivity index (χ3n) is 6.48. The number of nitrogens with one attached hydrogen (secondary N) is 2. The number of fused-ring (bicyclic) bond motifs is 1. The Morgan fingerprint density at radius 3 is 2.49 bits per heavy atom. The van der Waals surface area contributed by atoms with E-state index in [1.807, 2.05) is 62.4 Å². The van der Waals surface area contributed by atoms with Crippen molar-refractivity contribution < 1.29 is 18.8 Å². The summed E-state index contributed by atoms with van der Waals surface area (Å²) in [5.41, 5.74) is 6.38. The molecule has 0 unspecified atom stereocenters. The lowest BCUT2D eigenvalue weighted by Crippen LogP contribution is -2.16. The Bertz CT molecular complexity index is 1600. The van der Waals surface area contributed by atoms with Crippen LogP contribution in [-0.2, 0) is 17.8 Å². The second-order valence-electron chi connectivity index (χ2n) is 9.10. The van der Waals surface area contributed by atoms with Gasteiger partial charge in [0.25, 0.3) is 0 Å². The van der Waals surface area contributed by atoms with Gasteiger partial charge >= 0.3 is 0 Å². The van der Waals surface area contributed by atoms with Crippen molar-refractivity contribution in [2.24, 2.45) is 0 Å². The van der Waals surface area contributed by atoms with Crippen LogP contribution >= 0.6 is 0 Å². The van der Waals surface area contributed by atoms with Crippen LogP contribution in [0, 0.1) is 13.8 Å². The van der Waals surface area contributed by atoms with Crippen molar-refractivity contribution in [2.45, 2.75) is 26.8 Å². The fourth-order valence-electron chi connectivity index (χ4n) is 4.55. The van der Waals surface area contributed by atoms with E-state index in [2.05, 4.69) is 20.8 Å². The molecule has 198 valence electrons. The van der Waals surface area contributed by atoms with Gasteiger partial charge in [0.2, 0.25) is 5.91 Å². The second kappa shape index (κ2) is 11.2. The van der Waals surface area contributed by atoms with E-state index >= 15 is 0 Å². The lowest BCUT2D eigenvalue weighted by atomic mass is 10.00. The molecule has 0 bridgehead atoms. The number of pyridine rings is 2. The molecule has 0 saturated heterocycles. The van der Waals surface area contributed by atoms with Crippen molar-refractivity contribution in [1.82, 2.24) is 15.1 Å². The summed E-state index contributed by atoms with van der Waals surface area (Å²) in [6, 6.07) is 15.4. The van der Waals surface area contributed by atoms with Gasteiger partial charge < -0.3 is 24.6 Å². The Balaban J connectivity index is 1.55. The Morgan fingerprint density at radius 2 is 1.82 bits per heavy atom. The summed E-state index contributed by atoms with van der Waals surface area (Å²) >= 11 is 0. The molecule has 1 amide bonds. The minimum atomic E-state index is -0.170. The van der Waals surface area contributed by atoms with Gasteiger partial charge in [-0.05, 0) is 55.3 Å². The number of amides is 1. The van der Waals surface area contributed by atoms with Crippen LogP contribution in [0.4, 0.5) is 11.4 Å². The van der Waals surface area contributed by atoms with Crippen LogP contribution in [0.3, 0.4) is 0 Å². The number of methoxy groups -OCH3 is 2. The largest absolute Gasteiger partial charge is 0.497 e. The van der Waals surface area contributed by atoms with E-state index in [-0.39, 0.29) is 12.3 Å². The quantitative estimate of drug-likeness (QED) is 0.253. The molecule has 3 heterocycles. The first-order valence-electron chi connectivity index (χ1n) is 12.5. The molecule has 39 heavy (non-hydrogen) atoms. The minimum absolute atomic E-state index is 0.170. The van der Waals surface area contributed by atoms with Gasteiger partial charge in [0, 0.05) is 29.9 Å². The topological polar surface area (TPSA) is 111 Å². The van der Waals surface area contributed by atoms with Crippen LogP contribution in [0.5, 0.6) is 11.5 Å². The minimum Gasteiger partial charge on any atom is -0.497 e. The predicted molar refractivity (Wildman–Crippen MR) is 150 cm³/mol. The van der Waals surface area contributed by atoms with E-state index in [4.69, 9.17) is 19.0 Å². The average Bonchev–Trinajstić information content (AvgIpc) is 3.29. The lowest BCUT2D eigenvalue weighted by molar-refractivity contribution is -0.115. The summed E-state index contributed by atoms with van der Waals surface area (Å²) in [5.74, 6) is 1.95. The zero-order valence-electron chi connectivity index (χ0n) is 22.2. The zero-order chi connectivity index (χ0) is 27.4. The van der Waals surface area contributed by atoms with E-state index in [9.17, 15) is 4.79 Å². The monoisotopic (exact) mass is 523 g/mol. The molecule has 2 N–H and O–H groups in total. The maximum absolute atomic E-state index is 13.0. The van der Waals surface area contributed by atoms with Gasteiger partial charge in [0.05, 0.1) is 55.0 Å². The van der Waals surface area contributed by atoms with Gasteiger partial charge in [-0.2, -0.15) is 0 Å². The number of carbonyl (C=O) groups excluding carboxylic acids is 1. The van der Waals surface area contributed by atoms with E-state index in [0.29, 0.717) is 23.7 Å². The molecule has 0 aliphatic rings. The molecule has 0 radical (unpaired) electrons. The number of carbonyl (C=O) groups is 1. The summed E-state index contributed by atoms with van der Waals surface area (Å²) in [4.78, 5) is 21.8. The number of rotatable bonds is 9. The van der Waals surface area contributed by atoms with Gasteiger partial charge in [0.1, 0.15) is 17.3 Å². The third kappa shape index (κ3) is 5.52. The van der Waals surface area contributed by atoms with Crippen molar-refractivity contribution in [3.05, 3.63) is 89.7 Å². The average molecular weight is 524 g/mol. The van der Waals surface area contributed by atoms with E-state index in [1.54, 1.807) is 32.8 Å². The number of hydrogen-bond donors (Lipinski definition) is 2. The summed E-state index contributed by atoms with van der Waals surface area (Å²) in [7, 11) is 3.27. The Hall–Kier alpha value is -4.92. The van der Waals surface area contributed by atoms with Gasteiger partial charge in [-0.3, -0.25) is 14.8 Å². The predicted octanol–water partition coefficient (Wildman–Crippen LogP) is 5.71. The zero-order valence-corrected chi connectivity index (χ0v) is 22.2. The fraction of sp³-hybridized carbons (Fsp3) is 0.200. The molecule has 0 saturated carbocycles. The molecular formula is C30H29N5O4. The molecule has 5 aromatic rings. The van der Waals surface area contributed by atoms with Crippen LogP contribution in [0.15, 0.2) is 71.6 Å². The summed E-state index contributed by atoms with van der Waals surface area (Å²) in [5, 5.41) is 11.4. The van der Waals surface area contributed by atoms with Gasteiger partial charge in [-0.25, -0.2) is 0 Å². The molecule has 0 fully saturated rings. The normalized spacial score (nSPS) is 10.9. The van der Waals surface area contributed by atoms with Gasteiger partial charge in [0.15, 0.2) is 0 Å². The highest BCUT2D eigenvalue weighted by atomic mass is 16.5. The van der Waals surface area contributed by atoms with Crippen LogP contribution < -0.4 is 20.1 Å². The highest BCUT2D eigenvalue weighted by Crippen LogP contribution is 2.40. The first-order chi connectivity index (χ1) is 19.0. The van der Waals surface area contributed by atoms with Crippen LogP contribution in [0.25, 0.3) is 22.0 Å². The molecule has 0 atom stereocenters. The molecule has 5 rings (SSSR count). The number of nitrogens with zero attached hydrogens (tertiary/aromatic N) is 3. The number of anilines is 2. The number of aryl methyl sites for hydroxylation is 2. The maximum atomic E-state index is 13.0. The Kier molecular flexibility index (Phi) is 7.40. The van der Waals surface area contributed by atoms with Crippen molar-refractivity contribution in [3.8, 4) is 22.6 Å². The first kappa shape index (κ1) is 25.7.